The van der Waals surface area contributed by atoms with Crippen molar-refractivity contribution in [3.8, 4) is 11.5 Å². The second kappa shape index (κ2) is 5.85. The number of pyridine rings is 1. The lowest BCUT2D eigenvalue weighted by molar-refractivity contribution is 0.0991. The quantitative estimate of drug-likeness (QED) is 0.531. The van der Waals surface area contributed by atoms with Gasteiger partial charge >= 0.3 is 0 Å². The number of amides is 1. The number of carbonyl (C=O) groups is 1. The third kappa shape index (κ3) is 2.30. The van der Waals surface area contributed by atoms with Crippen LogP contribution in [0.5, 0.6) is 0 Å². The van der Waals surface area contributed by atoms with Crippen molar-refractivity contribution < 1.29 is 9.21 Å². The van der Waals surface area contributed by atoms with Crippen LogP contribution in [0.1, 0.15) is 15.9 Å². The average Bonchev–Trinajstić information content (AvgIpc) is 3.36. The minimum absolute atomic E-state index is 0.00126. The first-order chi connectivity index (χ1) is 12.8. The molecule has 1 aliphatic rings. The third-order valence-electron chi connectivity index (χ3n) is 4.85. The van der Waals surface area contributed by atoms with E-state index in [0.717, 1.165) is 23.0 Å². The molecule has 0 fully saturated rings. The fourth-order valence-electron chi connectivity index (χ4n) is 3.60. The summed E-state index contributed by atoms with van der Waals surface area (Å²) in [7, 11) is 0. The van der Waals surface area contributed by atoms with E-state index in [1.165, 1.54) is 5.56 Å². The van der Waals surface area contributed by atoms with E-state index in [9.17, 15) is 4.79 Å². The summed E-state index contributed by atoms with van der Waals surface area (Å²) in [5.74, 6) is 0.660. The van der Waals surface area contributed by atoms with Crippen LogP contribution in [0.3, 0.4) is 0 Å². The summed E-state index contributed by atoms with van der Waals surface area (Å²) in [5, 5.41) is 0.859. The standard InChI is InChI=1S/C22H16N2O2/c25-22(24-12-11-15-6-1-4-9-20(15)24)17-14-19(21-10-5-13-26-21)23-18-8-3-2-7-16(17)18/h1-10,13-14H,11-12H2. The molecule has 4 aromatic rings. The molecule has 0 radical (unpaired) electrons. The Bertz CT molecular complexity index is 1120. The Labute approximate surface area is 150 Å². The zero-order valence-electron chi connectivity index (χ0n) is 14.1. The zero-order valence-corrected chi connectivity index (χ0v) is 14.1. The summed E-state index contributed by atoms with van der Waals surface area (Å²) < 4.78 is 5.50. The Kier molecular flexibility index (Phi) is 3.35. The average molecular weight is 340 g/mol. The van der Waals surface area contributed by atoms with E-state index >= 15 is 0 Å². The maximum absolute atomic E-state index is 13.4. The number of benzene rings is 2. The molecule has 2 aromatic carbocycles. The maximum atomic E-state index is 13.4. The van der Waals surface area contributed by atoms with Gasteiger partial charge in [-0.15, -0.1) is 0 Å². The van der Waals surface area contributed by atoms with Gasteiger partial charge in [-0.2, -0.15) is 0 Å². The lowest BCUT2D eigenvalue weighted by Gasteiger charge is -2.19. The number of furan rings is 1. The van der Waals surface area contributed by atoms with Gasteiger partial charge in [-0.05, 0) is 42.3 Å². The van der Waals surface area contributed by atoms with Crippen LogP contribution in [0.15, 0.2) is 77.4 Å². The molecule has 3 heterocycles. The summed E-state index contributed by atoms with van der Waals surface area (Å²) in [6.07, 6.45) is 2.50. The van der Waals surface area contributed by atoms with Crippen LogP contribution < -0.4 is 4.90 Å². The maximum Gasteiger partial charge on any atom is 0.259 e. The molecule has 26 heavy (non-hydrogen) atoms. The second-order valence-corrected chi connectivity index (χ2v) is 6.39. The van der Waals surface area contributed by atoms with Gasteiger partial charge in [0.25, 0.3) is 5.91 Å². The molecule has 2 aromatic heterocycles. The van der Waals surface area contributed by atoms with Crippen LogP contribution in [0.2, 0.25) is 0 Å². The lowest BCUT2D eigenvalue weighted by Crippen LogP contribution is -2.29. The predicted molar refractivity (Wildman–Crippen MR) is 101 cm³/mol. The Balaban J connectivity index is 1.68. The Hall–Kier alpha value is -3.40. The van der Waals surface area contributed by atoms with Gasteiger partial charge in [-0.3, -0.25) is 4.79 Å². The Morgan fingerprint density at radius 3 is 2.73 bits per heavy atom. The molecule has 1 amide bonds. The van der Waals surface area contributed by atoms with Crippen molar-refractivity contribution >= 4 is 22.5 Å². The molecule has 0 unspecified atom stereocenters. The van der Waals surface area contributed by atoms with Crippen molar-refractivity contribution in [2.24, 2.45) is 0 Å². The fourth-order valence-corrected chi connectivity index (χ4v) is 3.60. The van der Waals surface area contributed by atoms with Crippen molar-refractivity contribution in [3.63, 3.8) is 0 Å². The minimum atomic E-state index is 0.00126. The molecule has 0 spiro atoms. The smallest absolute Gasteiger partial charge is 0.259 e. The molecule has 0 atom stereocenters. The number of hydrogen-bond donors (Lipinski definition) is 0. The molecule has 4 heteroatoms. The first-order valence-corrected chi connectivity index (χ1v) is 8.65. The highest BCUT2D eigenvalue weighted by Crippen LogP contribution is 2.32. The number of fused-ring (bicyclic) bond motifs is 2. The normalized spacial score (nSPS) is 13.2. The fraction of sp³-hybridized carbons (Fsp3) is 0.0909. The summed E-state index contributed by atoms with van der Waals surface area (Å²) in [6, 6.07) is 21.4. The van der Waals surface area contributed by atoms with Gasteiger partial charge in [0.15, 0.2) is 5.76 Å². The molecule has 0 bridgehead atoms. The summed E-state index contributed by atoms with van der Waals surface area (Å²) in [6.45, 7) is 0.699. The van der Waals surface area contributed by atoms with Crippen LogP contribution in [0, 0.1) is 0 Å². The van der Waals surface area contributed by atoms with Crippen LogP contribution in [0.25, 0.3) is 22.4 Å². The summed E-state index contributed by atoms with van der Waals surface area (Å²) in [4.78, 5) is 19.9. The molecular weight excluding hydrogens is 324 g/mol. The van der Waals surface area contributed by atoms with E-state index in [0.29, 0.717) is 23.6 Å². The van der Waals surface area contributed by atoms with Crippen molar-refractivity contribution in [2.75, 3.05) is 11.4 Å². The van der Waals surface area contributed by atoms with Crippen LogP contribution >= 0.6 is 0 Å². The molecule has 4 nitrogen and oxygen atoms in total. The van der Waals surface area contributed by atoms with Gasteiger partial charge in [0.1, 0.15) is 5.69 Å². The molecule has 1 aliphatic heterocycles. The first-order valence-electron chi connectivity index (χ1n) is 8.65. The predicted octanol–water partition coefficient (Wildman–Crippen LogP) is 4.70. The largest absolute Gasteiger partial charge is 0.463 e. The Morgan fingerprint density at radius 1 is 1.00 bits per heavy atom. The van der Waals surface area contributed by atoms with E-state index in [1.807, 2.05) is 65.6 Å². The highest BCUT2D eigenvalue weighted by atomic mass is 16.3. The van der Waals surface area contributed by atoms with Crippen LogP contribution in [0.4, 0.5) is 5.69 Å². The molecule has 5 rings (SSSR count). The van der Waals surface area contributed by atoms with E-state index < -0.39 is 0 Å². The van der Waals surface area contributed by atoms with Gasteiger partial charge in [0, 0.05) is 17.6 Å². The number of nitrogens with zero attached hydrogens (tertiary/aromatic N) is 2. The van der Waals surface area contributed by atoms with E-state index in [2.05, 4.69) is 11.1 Å². The lowest BCUT2D eigenvalue weighted by atomic mass is 10.1. The Morgan fingerprint density at radius 2 is 1.85 bits per heavy atom. The van der Waals surface area contributed by atoms with E-state index in [1.54, 1.807) is 6.26 Å². The van der Waals surface area contributed by atoms with Gasteiger partial charge in [0.2, 0.25) is 0 Å². The van der Waals surface area contributed by atoms with Crippen molar-refractivity contribution in [2.45, 2.75) is 6.42 Å². The second-order valence-electron chi connectivity index (χ2n) is 6.39. The zero-order chi connectivity index (χ0) is 17.5. The molecule has 126 valence electrons. The van der Waals surface area contributed by atoms with Gasteiger partial charge < -0.3 is 9.32 Å². The van der Waals surface area contributed by atoms with Crippen molar-refractivity contribution in [1.29, 1.82) is 0 Å². The monoisotopic (exact) mass is 340 g/mol. The summed E-state index contributed by atoms with van der Waals surface area (Å²) >= 11 is 0. The number of rotatable bonds is 2. The number of para-hydroxylation sites is 2. The third-order valence-corrected chi connectivity index (χ3v) is 4.85. The van der Waals surface area contributed by atoms with Crippen LogP contribution in [-0.2, 0) is 6.42 Å². The topological polar surface area (TPSA) is 46.3 Å². The molecule has 0 saturated carbocycles. The number of anilines is 1. The van der Waals surface area contributed by atoms with Crippen molar-refractivity contribution in [1.82, 2.24) is 4.98 Å². The van der Waals surface area contributed by atoms with Crippen molar-refractivity contribution in [3.05, 3.63) is 84.1 Å². The molecular formula is C22H16N2O2. The van der Waals surface area contributed by atoms with Gasteiger partial charge in [-0.1, -0.05) is 36.4 Å². The molecule has 0 N–H and O–H groups in total. The number of hydrogen-bond acceptors (Lipinski definition) is 3. The van der Waals surface area contributed by atoms with E-state index in [4.69, 9.17) is 4.42 Å². The molecule has 0 aliphatic carbocycles. The van der Waals surface area contributed by atoms with Crippen LogP contribution in [-0.4, -0.2) is 17.4 Å². The van der Waals surface area contributed by atoms with Gasteiger partial charge in [-0.25, -0.2) is 4.98 Å². The SMILES string of the molecule is O=C(c1cc(-c2ccco2)nc2ccccc12)N1CCc2ccccc21. The first kappa shape index (κ1) is 14.9. The highest BCUT2D eigenvalue weighted by molar-refractivity contribution is 6.14. The van der Waals surface area contributed by atoms with Gasteiger partial charge in [0.05, 0.1) is 17.3 Å². The highest BCUT2D eigenvalue weighted by Gasteiger charge is 2.27. The summed E-state index contributed by atoms with van der Waals surface area (Å²) in [5.41, 5.74) is 4.32. The minimum Gasteiger partial charge on any atom is -0.463 e. The number of carbonyl (C=O) groups excluding carboxylic acids is 1. The number of aromatic nitrogens is 1. The molecule has 0 saturated heterocycles. The van der Waals surface area contributed by atoms with E-state index in [-0.39, 0.29) is 5.91 Å².